The Labute approximate surface area is 168 Å². The lowest BCUT2D eigenvalue weighted by Crippen LogP contribution is -2.36. The van der Waals surface area contributed by atoms with Gasteiger partial charge in [0.05, 0.1) is 15.4 Å². The van der Waals surface area contributed by atoms with Crippen LogP contribution in [-0.2, 0) is 6.18 Å². The Morgan fingerprint density at radius 3 is 2.27 bits per heavy atom. The molecular weight excluding hydrogens is 409 g/mol. The van der Waals surface area contributed by atoms with E-state index in [4.69, 9.17) is 0 Å². The number of nitrogens with zero attached hydrogens (tertiary/aromatic N) is 6. The molecule has 0 spiro atoms. The summed E-state index contributed by atoms with van der Waals surface area (Å²) in [7, 11) is 0. The number of anilines is 1. The molecule has 1 fully saturated rings. The number of nitro groups is 2. The molecule has 1 atom stereocenters. The van der Waals surface area contributed by atoms with Crippen LogP contribution in [0, 0.1) is 20.2 Å². The largest absolute Gasteiger partial charge is 0.416 e. The molecule has 0 bridgehead atoms. The molecule has 0 amide bonds. The fourth-order valence-electron chi connectivity index (χ4n) is 3.70. The van der Waals surface area contributed by atoms with E-state index in [2.05, 4.69) is 10.2 Å². The first-order chi connectivity index (χ1) is 14.0. The van der Waals surface area contributed by atoms with E-state index >= 15 is 0 Å². The summed E-state index contributed by atoms with van der Waals surface area (Å²) in [5, 5.41) is 31.1. The molecule has 0 radical (unpaired) electrons. The zero-order chi connectivity index (χ0) is 22.2. The third-order valence-corrected chi connectivity index (χ3v) is 5.05. The number of halogens is 3. The number of alkyl halides is 3. The Kier molecular flexibility index (Phi) is 5.63. The van der Waals surface area contributed by atoms with Gasteiger partial charge in [-0.1, -0.05) is 0 Å². The third kappa shape index (κ3) is 4.04. The molecule has 13 heteroatoms. The van der Waals surface area contributed by atoms with Crippen molar-refractivity contribution in [1.29, 1.82) is 0 Å². The Balaban J connectivity index is 2.08. The quantitative estimate of drug-likeness (QED) is 0.520. The van der Waals surface area contributed by atoms with Crippen LogP contribution in [-0.4, -0.2) is 37.7 Å². The smallest absolute Gasteiger partial charge is 0.360 e. The number of hydrogen-bond acceptors (Lipinski definition) is 7. The van der Waals surface area contributed by atoms with E-state index < -0.39 is 38.6 Å². The van der Waals surface area contributed by atoms with Crippen LogP contribution in [0.1, 0.15) is 50.0 Å². The lowest BCUT2D eigenvalue weighted by molar-refractivity contribution is -0.393. The Morgan fingerprint density at radius 1 is 1.17 bits per heavy atom. The van der Waals surface area contributed by atoms with Crippen LogP contribution in [0.5, 0.6) is 0 Å². The van der Waals surface area contributed by atoms with Crippen LogP contribution >= 0.6 is 0 Å². The van der Waals surface area contributed by atoms with Gasteiger partial charge in [0.25, 0.3) is 11.4 Å². The Morgan fingerprint density at radius 2 is 1.77 bits per heavy atom. The van der Waals surface area contributed by atoms with E-state index in [1.807, 2.05) is 18.4 Å². The zero-order valence-electron chi connectivity index (χ0n) is 16.2. The normalized spacial score (nSPS) is 17.4. The molecule has 30 heavy (non-hydrogen) atoms. The van der Waals surface area contributed by atoms with Crippen LogP contribution in [0.15, 0.2) is 18.5 Å². The van der Waals surface area contributed by atoms with E-state index in [0.29, 0.717) is 30.8 Å². The van der Waals surface area contributed by atoms with Gasteiger partial charge in [0.15, 0.2) is 5.69 Å². The number of nitro benzene ring substituents is 2. The standard InChI is InChI=1S/C17H19F3N6O4/c1-10(2)24-9-21-22-16(24)11-4-3-5-23(8-11)15-13(25(27)28)6-12(17(18,19)20)7-14(15)26(29)30/h6-7,9-11H,3-5,8H2,1-2H3. The summed E-state index contributed by atoms with van der Waals surface area (Å²) in [6.07, 6.45) is -2.19. The first-order valence-electron chi connectivity index (χ1n) is 9.19. The monoisotopic (exact) mass is 428 g/mol. The summed E-state index contributed by atoms with van der Waals surface area (Å²) in [6.45, 7) is 4.23. The van der Waals surface area contributed by atoms with Gasteiger partial charge in [-0.15, -0.1) is 10.2 Å². The highest BCUT2D eigenvalue weighted by Gasteiger charge is 2.40. The number of rotatable bonds is 5. The van der Waals surface area contributed by atoms with Crippen LogP contribution in [0.3, 0.4) is 0 Å². The lowest BCUT2D eigenvalue weighted by Gasteiger charge is -2.33. The predicted octanol–water partition coefficient (Wildman–Crippen LogP) is 4.08. The number of benzene rings is 1. The Bertz CT molecular complexity index is 940. The molecule has 1 aromatic heterocycles. The first-order valence-corrected chi connectivity index (χ1v) is 9.19. The van der Waals surface area contributed by atoms with E-state index in [9.17, 15) is 33.4 Å². The fraction of sp³-hybridized carbons (Fsp3) is 0.529. The van der Waals surface area contributed by atoms with Crippen molar-refractivity contribution in [1.82, 2.24) is 14.8 Å². The van der Waals surface area contributed by atoms with Crippen LogP contribution < -0.4 is 4.90 Å². The van der Waals surface area contributed by atoms with Gasteiger partial charge >= 0.3 is 6.18 Å². The van der Waals surface area contributed by atoms with E-state index in [-0.39, 0.29) is 25.0 Å². The second-order valence-corrected chi connectivity index (χ2v) is 7.35. The molecule has 162 valence electrons. The molecule has 0 N–H and O–H groups in total. The van der Waals surface area contributed by atoms with E-state index in [0.717, 1.165) is 0 Å². The van der Waals surface area contributed by atoms with E-state index in [1.165, 1.54) is 4.90 Å². The molecule has 2 aromatic rings. The molecule has 1 aromatic carbocycles. The minimum absolute atomic E-state index is 0.0557. The SMILES string of the molecule is CC(C)n1cnnc1C1CCCN(c2c([N+](=O)[O-])cc(C(F)(F)F)cc2[N+](=O)[O-])C1. The van der Waals surface area contributed by atoms with Gasteiger partial charge in [0.2, 0.25) is 0 Å². The summed E-state index contributed by atoms with van der Waals surface area (Å²) in [5.74, 6) is 0.400. The van der Waals surface area contributed by atoms with Crippen molar-refractivity contribution in [3.8, 4) is 0 Å². The van der Waals surface area contributed by atoms with Gasteiger partial charge in [0, 0.05) is 37.2 Å². The van der Waals surface area contributed by atoms with Gasteiger partial charge in [0.1, 0.15) is 12.2 Å². The molecule has 0 aliphatic carbocycles. The first kappa shape index (κ1) is 21.5. The molecule has 0 saturated carbocycles. The number of hydrogen-bond donors (Lipinski definition) is 0. The van der Waals surface area contributed by atoms with Gasteiger partial charge in [-0.2, -0.15) is 13.2 Å². The van der Waals surface area contributed by atoms with Gasteiger partial charge in [-0.25, -0.2) is 0 Å². The van der Waals surface area contributed by atoms with Crippen LogP contribution in [0.2, 0.25) is 0 Å². The van der Waals surface area contributed by atoms with Crippen molar-refractivity contribution in [2.45, 2.75) is 44.8 Å². The minimum Gasteiger partial charge on any atom is -0.360 e. The molecule has 1 saturated heterocycles. The molecule has 3 rings (SSSR count). The van der Waals surface area contributed by atoms with Crippen LogP contribution in [0.25, 0.3) is 0 Å². The maximum absolute atomic E-state index is 13.1. The van der Waals surface area contributed by atoms with E-state index in [1.54, 1.807) is 6.33 Å². The summed E-state index contributed by atoms with van der Waals surface area (Å²) in [5.41, 5.74) is -3.74. The van der Waals surface area contributed by atoms with Crippen molar-refractivity contribution < 1.29 is 23.0 Å². The second-order valence-electron chi connectivity index (χ2n) is 7.35. The molecule has 1 aliphatic heterocycles. The lowest BCUT2D eigenvalue weighted by atomic mass is 9.95. The summed E-state index contributed by atoms with van der Waals surface area (Å²) in [4.78, 5) is 22.4. The minimum atomic E-state index is -4.95. The number of piperidine rings is 1. The maximum Gasteiger partial charge on any atom is 0.416 e. The maximum atomic E-state index is 13.1. The number of aromatic nitrogens is 3. The Hall–Kier alpha value is -3.25. The zero-order valence-corrected chi connectivity index (χ0v) is 16.2. The average Bonchev–Trinajstić information content (AvgIpc) is 3.16. The average molecular weight is 428 g/mol. The second kappa shape index (κ2) is 7.88. The van der Waals surface area contributed by atoms with Crippen molar-refractivity contribution in [3.63, 3.8) is 0 Å². The molecule has 10 nitrogen and oxygen atoms in total. The summed E-state index contributed by atoms with van der Waals surface area (Å²) < 4.78 is 41.3. The summed E-state index contributed by atoms with van der Waals surface area (Å²) in [6, 6.07) is 0.755. The highest BCUT2D eigenvalue weighted by Crippen LogP contribution is 2.44. The van der Waals surface area contributed by atoms with Crippen molar-refractivity contribution in [3.05, 3.63) is 50.1 Å². The van der Waals surface area contributed by atoms with Crippen molar-refractivity contribution in [2.75, 3.05) is 18.0 Å². The van der Waals surface area contributed by atoms with Gasteiger partial charge < -0.3 is 9.47 Å². The fourth-order valence-corrected chi connectivity index (χ4v) is 3.70. The summed E-state index contributed by atoms with van der Waals surface area (Å²) >= 11 is 0. The highest BCUT2D eigenvalue weighted by molar-refractivity contribution is 5.76. The predicted molar refractivity (Wildman–Crippen MR) is 99.3 cm³/mol. The topological polar surface area (TPSA) is 120 Å². The van der Waals surface area contributed by atoms with Gasteiger partial charge in [-0.05, 0) is 26.7 Å². The third-order valence-electron chi connectivity index (χ3n) is 5.05. The molecular formula is C17H19F3N6O4. The molecule has 1 aliphatic rings. The molecule has 2 heterocycles. The van der Waals surface area contributed by atoms with Gasteiger partial charge in [-0.3, -0.25) is 20.2 Å². The molecule has 1 unspecified atom stereocenters. The van der Waals surface area contributed by atoms with Crippen molar-refractivity contribution >= 4 is 17.1 Å². The highest BCUT2D eigenvalue weighted by atomic mass is 19.4. The van der Waals surface area contributed by atoms with Crippen molar-refractivity contribution in [2.24, 2.45) is 0 Å². The van der Waals surface area contributed by atoms with Crippen LogP contribution in [0.4, 0.5) is 30.2 Å².